The number of anilines is 2. The van der Waals surface area contributed by atoms with Gasteiger partial charge in [0.15, 0.2) is 0 Å². The van der Waals surface area contributed by atoms with Gasteiger partial charge in [-0.2, -0.15) is 0 Å². The van der Waals surface area contributed by atoms with Crippen LogP contribution in [0, 0.1) is 5.82 Å². The van der Waals surface area contributed by atoms with Gasteiger partial charge in [-0.1, -0.05) is 12.1 Å². The summed E-state index contributed by atoms with van der Waals surface area (Å²) in [4.78, 5) is 28.8. The molecule has 154 valence electrons. The van der Waals surface area contributed by atoms with Crippen molar-refractivity contribution in [3.63, 3.8) is 0 Å². The molecule has 0 spiro atoms. The molecule has 1 heterocycles. The van der Waals surface area contributed by atoms with Crippen LogP contribution in [0.5, 0.6) is 0 Å². The van der Waals surface area contributed by atoms with Crippen molar-refractivity contribution in [2.24, 2.45) is 0 Å². The van der Waals surface area contributed by atoms with E-state index in [0.29, 0.717) is 24.2 Å². The number of carbonyl (C=O) groups is 2. The van der Waals surface area contributed by atoms with Crippen molar-refractivity contribution in [1.29, 1.82) is 0 Å². The van der Waals surface area contributed by atoms with Crippen LogP contribution in [0.15, 0.2) is 48.5 Å². The second-order valence-corrected chi connectivity index (χ2v) is 6.87. The largest absolute Gasteiger partial charge is 0.462 e. The number of halogens is 1. The van der Waals surface area contributed by atoms with E-state index in [1.165, 1.54) is 12.1 Å². The van der Waals surface area contributed by atoms with E-state index in [4.69, 9.17) is 4.74 Å². The molecular weight excluding hydrogens is 373 g/mol. The van der Waals surface area contributed by atoms with Crippen LogP contribution in [0.1, 0.15) is 23.7 Å². The summed E-state index contributed by atoms with van der Waals surface area (Å²) in [6, 6.07) is 13.4. The lowest BCUT2D eigenvalue weighted by Crippen LogP contribution is -2.47. The number of carbonyl (C=O) groups excluding carboxylic acids is 2. The summed E-state index contributed by atoms with van der Waals surface area (Å²) in [6.45, 7) is 6.01. The fourth-order valence-corrected chi connectivity index (χ4v) is 3.33. The number of hydrogen-bond acceptors (Lipinski definition) is 5. The SMILES string of the molecule is CCOC(=O)c1ccccc1NC(=O)CCN1CCN(c2ccc(F)cc2)CC1. The lowest BCUT2D eigenvalue weighted by Gasteiger charge is -2.36. The van der Waals surface area contributed by atoms with Crippen molar-refractivity contribution in [3.05, 3.63) is 59.9 Å². The summed E-state index contributed by atoms with van der Waals surface area (Å²) in [7, 11) is 0. The van der Waals surface area contributed by atoms with Gasteiger partial charge < -0.3 is 15.0 Å². The molecule has 1 aliphatic heterocycles. The fraction of sp³-hybridized carbons (Fsp3) is 0.364. The normalized spacial score (nSPS) is 14.5. The van der Waals surface area contributed by atoms with Crippen LogP contribution in [0.25, 0.3) is 0 Å². The third-order valence-corrected chi connectivity index (χ3v) is 4.92. The predicted molar refractivity (Wildman–Crippen MR) is 111 cm³/mol. The van der Waals surface area contributed by atoms with E-state index in [2.05, 4.69) is 15.1 Å². The van der Waals surface area contributed by atoms with E-state index in [1.54, 1.807) is 43.3 Å². The Balaban J connectivity index is 1.46. The van der Waals surface area contributed by atoms with E-state index in [9.17, 15) is 14.0 Å². The van der Waals surface area contributed by atoms with Crippen LogP contribution in [0.3, 0.4) is 0 Å². The molecule has 0 unspecified atom stereocenters. The average molecular weight is 399 g/mol. The first kappa shape index (κ1) is 20.8. The standard InChI is InChI=1S/C22H26FN3O3/c1-2-29-22(28)19-5-3-4-6-20(19)24-21(27)11-12-25-13-15-26(16-14-25)18-9-7-17(23)8-10-18/h3-10H,2,11-16H2,1H3,(H,24,27). The Kier molecular flexibility index (Phi) is 7.19. The average Bonchev–Trinajstić information content (AvgIpc) is 2.74. The molecule has 3 rings (SSSR count). The van der Waals surface area contributed by atoms with E-state index in [-0.39, 0.29) is 18.3 Å². The minimum Gasteiger partial charge on any atom is -0.462 e. The van der Waals surface area contributed by atoms with Crippen LogP contribution < -0.4 is 10.2 Å². The monoisotopic (exact) mass is 399 g/mol. The number of nitrogens with one attached hydrogen (secondary N) is 1. The number of nitrogens with zero attached hydrogens (tertiary/aromatic N) is 2. The Bertz CT molecular complexity index is 833. The zero-order valence-corrected chi connectivity index (χ0v) is 16.6. The van der Waals surface area contributed by atoms with Crippen LogP contribution in [-0.2, 0) is 9.53 Å². The first-order valence-corrected chi connectivity index (χ1v) is 9.85. The predicted octanol–water partition coefficient (Wildman–Crippen LogP) is 3.15. The van der Waals surface area contributed by atoms with E-state index in [0.717, 1.165) is 31.9 Å². The van der Waals surface area contributed by atoms with Crippen molar-refractivity contribution < 1.29 is 18.7 Å². The summed E-state index contributed by atoms with van der Waals surface area (Å²) in [5.41, 5.74) is 1.84. The Morgan fingerprint density at radius 1 is 1.03 bits per heavy atom. The molecule has 2 aromatic rings. The summed E-state index contributed by atoms with van der Waals surface area (Å²) in [5.74, 6) is -0.814. The van der Waals surface area contributed by atoms with Gasteiger partial charge in [0.05, 0.1) is 17.9 Å². The van der Waals surface area contributed by atoms with Gasteiger partial charge in [-0.25, -0.2) is 9.18 Å². The highest BCUT2D eigenvalue weighted by molar-refractivity contribution is 6.01. The summed E-state index contributed by atoms with van der Waals surface area (Å²) < 4.78 is 18.1. The van der Waals surface area contributed by atoms with Crippen LogP contribution in [0.4, 0.5) is 15.8 Å². The van der Waals surface area contributed by atoms with Crippen molar-refractivity contribution in [1.82, 2.24) is 4.90 Å². The topological polar surface area (TPSA) is 61.9 Å². The molecule has 0 radical (unpaired) electrons. The Labute approximate surface area is 170 Å². The van der Waals surface area contributed by atoms with Crippen molar-refractivity contribution in [3.8, 4) is 0 Å². The molecule has 0 saturated carbocycles. The van der Waals surface area contributed by atoms with E-state index >= 15 is 0 Å². The lowest BCUT2D eigenvalue weighted by molar-refractivity contribution is -0.116. The highest BCUT2D eigenvalue weighted by Crippen LogP contribution is 2.18. The quantitative estimate of drug-likeness (QED) is 0.725. The van der Waals surface area contributed by atoms with Gasteiger partial charge in [0, 0.05) is 44.8 Å². The number of hydrogen-bond donors (Lipinski definition) is 1. The third kappa shape index (κ3) is 5.77. The summed E-state index contributed by atoms with van der Waals surface area (Å²) in [6.07, 6.45) is 0.341. The minimum absolute atomic E-state index is 0.136. The third-order valence-electron chi connectivity index (χ3n) is 4.92. The maximum Gasteiger partial charge on any atom is 0.340 e. The Morgan fingerprint density at radius 2 is 1.72 bits per heavy atom. The van der Waals surface area contributed by atoms with Crippen molar-refractivity contribution in [2.45, 2.75) is 13.3 Å². The van der Waals surface area contributed by atoms with Crippen molar-refractivity contribution >= 4 is 23.3 Å². The van der Waals surface area contributed by atoms with Crippen LogP contribution in [-0.4, -0.2) is 56.1 Å². The number of ether oxygens (including phenoxy) is 1. The molecule has 6 nitrogen and oxygen atoms in total. The molecule has 1 N–H and O–H groups in total. The molecule has 0 atom stereocenters. The molecule has 1 amide bonds. The Hall–Kier alpha value is -2.93. The van der Waals surface area contributed by atoms with E-state index < -0.39 is 5.97 Å². The molecule has 1 aliphatic rings. The van der Waals surface area contributed by atoms with Gasteiger partial charge in [0.1, 0.15) is 5.82 Å². The Morgan fingerprint density at radius 3 is 2.41 bits per heavy atom. The zero-order chi connectivity index (χ0) is 20.6. The van der Waals surface area contributed by atoms with Crippen molar-refractivity contribution in [2.75, 3.05) is 49.5 Å². The highest BCUT2D eigenvalue weighted by Gasteiger charge is 2.19. The first-order valence-electron chi connectivity index (χ1n) is 9.85. The van der Waals surface area contributed by atoms with Crippen LogP contribution >= 0.6 is 0 Å². The molecule has 0 bridgehead atoms. The second kappa shape index (κ2) is 10.0. The molecule has 7 heteroatoms. The van der Waals surface area contributed by atoms with Gasteiger partial charge in [0.2, 0.25) is 5.91 Å². The van der Waals surface area contributed by atoms with Crippen LogP contribution in [0.2, 0.25) is 0 Å². The zero-order valence-electron chi connectivity index (χ0n) is 16.6. The summed E-state index contributed by atoms with van der Waals surface area (Å²) in [5, 5.41) is 2.82. The maximum atomic E-state index is 13.1. The molecule has 29 heavy (non-hydrogen) atoms. The molecule has 1 saturated heterocycles. The molecule has 0 aromatic heterocycles. The number of amides is 1. The molecule has 2 aromatic carbocycles. The van der Waals surface area contributed by atoms with Gasteiger partial charge in [-0.05, 0) is 43.3 Å². The number of piperazine rings is 1. The molecule has 0 aliphatic carbocycles. The second-order valence-electron chi connectivity index (χ2n) is 6.87. The fourth-order valence-electron chi connectivity index (χ4n) is 3.33. The van der Waals surface area contributed by atoms with Gasteiger partial charge in [-0.3, -0.25) is 9.69 Å². The first-order chi connectivity index (χ1) is 14.1. The number of rotatable bonds is 7. The van der Waals surface area contributed by atoms with Gasteiger partial charge >= 0.3 is 5.97 Å². The van der Waals surface area contributed by atoms with Gasteiger partial charge in [0.25, 0.3) is 0 Å². The minimum atomic E-state index is -0.444. The molecule has 1 fully saturated rings. The smallest absolute Gasteiger partial charge is 0.340 e. The number of esters is 1. The van der Waals surface area contributed by atoms with Gasteiger partial charge in [-0.15, -0.1) is 0 Å². The molecular formula is C22H26FN3O3. The summed E-state index contributed by atoms with van der Waals surface area (Å²) >= 11 is 0. The maximum absolute atomic E-state index is 13.1. The number of benzene rings is 2. The number of para-hydroxylation sites is 1. The van der Waals surface area contributed by atoms with E-state index in [1.807, 2.05) is 0 Å². The highest BCUT2D eigenvalue weighted by atomic mass is 19.1. The lowest BCUT2D eigenvalue weighted by atomic mass is 10.1.